The zero-order valence-corrected chi connectivity index (χ0v) is 13.7. The molecule has 2 aliphatic rings. The average molecular weight is 315 g/mol. The smallest absolute Gasteiger partial charge is 0.306 e. The molecule has 1 aromatic rings. The average Bonchev–Trinajstić information content (AvgIpc) is 2.60. The number of aryl methyl sites for hydroxylation is 1. The van der Waals surface area contributed by atoms with E-state index in [-0.39, 0.29) is 23.8 Å². The van der Waals surface area contributed by atoms with E-state index in [1.54, 1.807) is 0 Å². The Morgan fingerprint density at radius 1 is 1.09 bits per heavy atom. The summed E-state index contributed by atoms with van der Waals surface area (Å²) in [6.07, 6.45) is 5.80. The van der Waals surface area contributed by atoms with Crippen molar-refractivity contribution in [3.63, 3.8) is 0 Å². The molecule has 1 saturated carbocycles. The number of rotatable bonds is 3. The highest BCUT2D eigenvalue weighted by Gasteiger charge is 2.34. The van der Waals surface area contributed by atoms with E-state index in [0.717, 1.165) is 32.1 Å². The SMILES string of the molecule is CN(C(=O)C1CCCC(C(=O)O)C1)C1CCc2ccccc2C1. The fraction of sp³-hybridized carbons (Fsp3) is 0.579. The Bertz CT molecular complexity index is 598. The number of hydrogen-bond acceptors (Lipinski definition) is 2. The van der Waals surface area contributed by atoms with Gasteiger partial charge in [0.15, 0.2) is 0 Å². The highest BCUT2D eigenvalue weighted by Crippen LogP contribution is 2.32. The highest BCUT2D eigenvalue weighted by atomic mass is 16.4. The summed E-state index contributed by atoms with van der Waals surface area (Å²) in [7, 11) is 1.89. The van der Waals surface area contributed by atoms with Crippen molar-refractivity contribution in [1.82, 2.24) is 4.90 Å². The molecular formula is C19H25NO3. The molecule has 1 amide bonds. The first-order valence-corrected chi connectivity index (χ1v) is 8.62. The van der Waals surface area contributed by atoms with Crippen LogP contribution in [0, 0.1) is 11.8 Å². The molecule has 1 N–H and O–H groups in total. The Kier molecular flexibility index (Phi) is 4.69. The standard InChI is InChI=1S/C19H25NO3/c1-20(17-10-9-13-5-2-3-6-14(13)12-17)18(21)15-7-4-8-16(11-15)19(22)23/h2-3,5-6,15-17H,4,7-12H2,1H3,(H,22,23). The third-order valence-corrected chi connectivity index (χ3v) is 5.59. The van der Waals surface area contributed by atoms with Crippen LogP contribution in [0.4, 0.5) is 0 Å². The largest absolute Gasteiger partial charge is 0.481 e. The zero-order chi connectivity index (χ0) is 16.4. The van der Waals surface area contributed by atoms with Gasteiger partial charge in [-0.1, -0.05) is 30.7 Å². The summed E-state index contributed by atoms with van der Waals surface area (Å²) in [5.74, 6) is -1.08. The van der Waals surface area contributed by atoms with Gasteiger partial charge in [-0.2, -0.15) is 0 Å². The number of fused-ring (bicyclic) bond motifs is 1. The lowest BCUT2D eigenvalue weighted by molar-refractivity contribution is -0.145. The lowest BCUT2D eigenvalue weighted by atomic mass is 9.80. The second-order valence-electron chi connectivity index (χ2n) is 7.01. The number of carboxylic acids is 1. The Labute approximate surface area is 137 Å². The second-order valence-corrected chi connectivity index (χ2v) is 7.01. The van der Waals surface area contributed by atoms with Crippen LogP contribution < -0.4 is 0 Å². The van der Waals surface area contributed by atoms with Crippen LogP contribution in [0.3, 0.4) is 0 Å². The number of likely N-dealkylation sites (N-methyl/N-ethyl adjacent to an activating group) is 1. The van der Waals surface area contributed by atoms with Crippen molar-refractivity contribution in [3.8, 4) is 0 Å². The molecule has 3 rings (SSSR count). The molecule has 4 heteroatoms. The van der Waals surface area contributed by atoms with Crippen LogP contribution in [-0.2, 0) is 22.4 Å². The molecule has 0 heterocycles. The van der Waals surface area contributed by atoms with E-state index in [1.165, 1.54) is 11.1 Å². The number of benzene rings is 1. The van der Waals surface area contributed by atoms with Crippen LogP contribution in [-0.4, -0.2) is 35.0 Å². The lowest BCUT2D eigenvalue weighted by Crippen LogP contribution is -2.44. The van der Waals surface area contributed by atoms with Crippen molar-refractivity contribution >= 4 is 11.9 Å². The Balaban J connectivity index is 1.65. The van der Waals surface area contributed by atoms with Gasteiger partial charge in [0.05, 0.1) is 5.92 Å². The monoisotopic (exact) mass is 315 g/mol. The molecule has 23 heavy (non-hydrogen) atoms. The Morgan fingerprint density at radius 3 is 2.52 bits per heavy atom. The van der Waals surface area contributed by atoms with Crippen LogP contribution in [0.25, 0.3) is 0 Å². The molecule has 2 aliphatic carbocycles. The van der Waals surface area contributed by atoms with E-state index in [9.17, 15) is 14.7 Å². The summed E-state index contributed by atoms with van der Waals surface area (Å²) in [4.78, 5) is 25.9. The van der Waals surface area contributed by atoms with E-state index in [4.69, 9.17) is 0 Å². The van der Waals surface area contributed by atoms with Crippen molar-refractivity contribution in [2.24, 2.45) is 11.8 Å². The van der Waals surface area contributed by atoms with E-state index in [2.05, 4.69) is 24.3 Å². The van der Waals surface area contributed by atoms with Crippen molar-refractivity contribution in [2.45, 2.75) is 51.0 Å². The van der Waals surface area contributed by atoms with Crippen LogP contribution in [0.15, 0.2) is 24.3 Å². The van der Waals surface area contributed by atoms with Gasteiger partial charge in [-0.15, -0.1) is 0 Å². The van der Waals surface area contributed by atoms with E-state index >= 15 is 0 Å². The van der Waals surface area contributed by atoms with Gasteiger partial charge >= 0.3 is 5.97 Å². The van der Waals surface area contributed by atoms with Gasteiger partial charge in [-0.3, -0.25) is 9.59 Å². The molecule has 124 valence electrons. The molecule has 0 aromatic heterocycles. The molecule has 3 unspecified atom stereocenters. The van der Waals surface area contributed by atoms with Crippen LogP contribution in [0.1, 0.15) is 43.2 Å². The molecule has 3 atom stereocenters. The molecule has 1 aromatic carbocycles. The van der Waals surface area contributed by atoms with Gasteiger partial charge in [0.2, 0.25) is 5.91 Å². The first kappa shape index (κ1) is 16.0. The van der Waals surface area contributed by atoms with Crippen LogP contribution in [0.2, 0.25) is 0 Å². The fourth-order valence-corrected chi connectivity index (χ4v) is 4.12. The molecule has 0 saturated heterocycles. The minimum Gasteiger partial charge on any atom is -0.481 e. The Morgan fingerprint density at radius 2 is 1.78 bits per heavy atom. The molecule has 0 spiro atoms. The molecule has 0 bridgehead atoms. The maximum absolute atomic E-state index is 12.8. The van der Waals surface area contributed by atoms with Gasteiger partial charge in [0, 0.05) is 19.0 Å². The van der Waals surface area contributed by atoms with Gasteiger partial charge in [0.25, 0.3) is 0 Å². The molecule has 1 fully saturated rings. The number of aliphatic carboxylic acids is 1. The lowest BCUT2D eigenvalue weighted by Gasteiger charge is -2.36. The van der Waals surface area contributed by atoms with Crippen molar-refractivity contribution in [3.05, 3.63) is 35.4 Å². The third-order valence-electron chi connectivity index (χ3n) is 5.59. The fourth-order valence-electron chi connectivity index (χ4n) is 4.12. The van der Waals surface area contributed by atoms with E-state index in [1.807, 2.05) is 11.9 Å². The number of nitrogens with zero attached hydrogens (tertiary/aromatic N) is 1. The maximum Gasteiger partial charge on any atom is 0.306 e. The second kappa shape index (κ2) is 6.73. The first-order chi connectivity index (χ1) is 11.1. The predicted molar refractivity (Wildman–Crippen MR) is 88.1 cm³/mol. The maximum atomic E-state index is 12.8. The molecule has 4 nitrogen and oxygen atoms in total. The number of carbonyl (C=O) groups is 2. The van der Waals surface area contributed by atoms with E-state index < -0.39 is 5.97 Å². The summed E-state index contributed by atoms with van der Waals surface area (Å²) in [5.41, 5.74) is 2.74. The van der Waals surface area contributed by atoms with Gasteiger partial charge in [0.1, 0.15) is 0 Å². The number of amides is 1. The van der Waals surface area contributed by atoms with Crippen molar-refractivity contribution in [1.29, 1.82) is 0 Å². The zero-order valence-electron chi connectivity index (χ0n) is 13.7. The normalized spacial score (nSPS) is 27.1. The summed E-state index contributed by atoms with van der Waals surface area (Å²) in [6.45, 7) is 0. The summed E-state index contributed by atoms with van der Waals surface area (Å²) < 4.78 is 0. The summed E-state index contributed by atoms with van der Waals surface area (Å²) in [6, 6.07) is 8.69. The van der Waals surface area contributed by atoms with Crippen molar-refractivity contribution in [2.75, 3.05) is 7.05 Å². The molecule has 0 aliphatic heterocycles. The highest BCUT2D eigenvalue weighted by molar-refractivity contribution is 5.80. The predicted octanol–water partition coefficient (Wildman–Crippen LogP) is 2.89. The van der Waals surface area contributed by atoms with E-state index in [0.29, 0.717) is 12.8 Å². The van der Waals surface area contributed by atoms with Gasteiger partial charge in [-0.05, 0) is 49.7 Å². The molecular weight excluding hydrogens is 290 g/mol. The minimum atomic E-state index is -0.753. The number of hydrogen-bond donors (Lipinski definition) is 1. The van der Waals surface area contributed by atoms with Gasteiger partial charge < -0.3 is 10.0 Å². The molecule has 0 radical (unpaired) electrons. The first-order valence-electron chi connectivity index (χ1n) is 8.62. The Hall–Kier alpha value is -1.84. The quantitative estimate of drug-likeness (QED) is 0.933. The summed E-state index contributed by atoms with van der Waals surface area (Å²) >= 11 is 0. The van der Waals surface area contributed by atoms with Gasteiger partial charge in [-0.25, -0.2) is 0 Å². The van der Waals surface area contributed by atoms with Crippen LogP contribution >= 0.6 is 0 Å². The topological polar surface area (TPSA) is 57.6 Å². The third kappa shape index (κ3) is 3.41. The minimum absolute atomic E-state index is 0.118. The van der Waals surface area contributed by atoms with Crippen LogP contribution in [0.5, 0.6) is 0 Å². The summed E-state index contributed by atoms with van der Waals surface area (Å²) in [5, 5.41) is 9.21. The number of carboxylic acid groups (broad SMARTS) is 1. The number of carbonyl (C=O) groups excluding carboxylic acids is 1. The van der Waals surface area contributed by atoms with Crippen molar-refractivity contribution < 1.29 is 14.7 Å².